The van der Waals surface area contributed by atoms with Gasteiger partial charge in [-0.2, -0.15) is 12.6 Å². The molecule has 1 amide bonds. The Labute approximate surface area is 92.8 Å². The zero-order chi connectivity index (χ0) is 10.6. The van der Waals surface area contributed by atoms with Gasteiger partial charge in [0.05, 0.1) is 18.6 Å². The van der Waals surface area contributed by atoms with Crippen molar-refractivity contribution in [3.05, 3.63) is 23.2 Å². The molecule has 1 N–H and O–H groups in total. The van der Waals surface area contributed by atoms with Crippen LogP contribution in [0.15, 0.2) is 18.2 Å². The topological polar surface area (TPSA) is 38.3 Å². The van der Waals surface area contributed by atoms with Crippen LogP contribution in [0.5, 0.6) is 5.75 Å². The maximum atomic E-state index is 11.1. The van der Waals surface area contributed by atoms with Crippen LogP contribution in [0, 0.1) is 0 Å². The van der Waals surface area contributed by atoms with Gasteiger partial charge in [0.15, 0.2) is 0 Å². The van der Waals surface area contributed by atoms with E-state index in [4.69, 9.17) is 16.3 Å². The molecule has 1 aromatic rings. The predicted molar refractivity (Wildman–Crippen MR) is 60.5 cm³/mol. The van der Waals surface area contributed by atoms with E-state index in [1.54, 1.807) is 18.2 Å². The first-order chi connectivity index (χ1) is 6.67. The summed E-state index contributed by atoms with van der Waals surface area (Å²) in [5.41, 5.74) is 0.555. The Hall–Kier alpha value is -0.870. The second-order valence-electron chi connectivity index (χ2n) is 2.55. The summed E-state index contributed by atoms with van der Waals surface area (Å²) in [6.45, 7) is 0. The molecule has 0 heterocycles. The summed E-state index contributed by atoms with van der Waals surface area (Å²) in [4.78, 5) is 11.1. The Morgan fingerprint density at radius 1 is 1.64 bits per heavy atom. The fourth-order valence-electron chi connectivity index (χ4n) is 0.968. The van der Waals surface area contributed by atoms with Crippen LogP contribution < -0.4 is 10.1 Å². The summed E-state index contributed by atoms with van der Waals surface area (Å²) in [6, 6.07) is 5.01. The quantitative estimate of drug-likeness (QED) is 0.783. The van der Waals surface area contributed by atoms with Crippen molar-refractivity contribution in [1.82, 2.24) is 0 Å². The molecule has 0 saturated heterocycles. The Morgan fingerprint density at radius 2 is 2.36 bits per heavy atom. The van der Waals surface area contributed by atoms with Crippen LogP contribution in [0.2, 0.25) is 5.02 Å². The molecule has 0 aromatic heterocycles. The number of ether oxygens (including phenoxy) is 1. The lowest BCUT2D eigenvalue weighted by Crippen LogP contribution is -2.13. The van der Waals surface area contributed by atoms with Crippen LogP contribution in [0.3, 0.4) is 0 Å². The first-order valence-electron chi connectivity index (χ1n) is 3.91. The van der Waals surface area contributed by atoms with E-state index in [0.29, 0.717) is 16.5 Å². The third kappa shape index (κ3) is 2.82. The molecule has 3 nitrogen and oxygen atoms in total. The molecule has 1 rings (SSSR count). The molecular weight excluding hydrogens is 222 g/mol. The summed E-state index contributed by atoms with van der Waals surface area (Å²) in [5.74, 6) is 0.494. The number of methoxy groups -OCH3 is 1. The average Bonchev–Trinajstić information content (AvgIpc) is 2.18. The van der Waals surface area contributed by atoms with Crippen molar-refractivity contribution in [2.24, 2.45) is 0 Å². The van der Waals surface area contributed by atoms with Gasteiger partial charge in [0.25, 0.3) is 0 Å². The summed E-state index contributed by atoms with van der Waals surface area (Å²) >= 11 is 9.62. The Kier molecular flexibility index (Phi) is 4.10. The molecule has 0 radical (unpaired) electrons. The number of anilines is 1. The predicted octanol–water partition coefficient (Wildman–Crippen LogP) is 2.22. The first kappa shape index (κ1) is 11.2. The van der Waals surface area contributed by atoms with Crippen LogP contribution >= 0.6 is 24.2 Å². The third-order valence-electron chi connectivity index (χ3n) is 1.58. The second-order valence-corrected chi connectivity index (χ2v) is 3.30. The van der Waals surface area contributed by atoms with Gasteiger partial charge in [0.1, 0.15) is 5.75 Å². The molecule has 5 heteroatoms. The highest BCUT2D eigenvalue weighted by atomic mass is 35.5. The number of carbonyl (C=O) groups excluding carboxylic acids is 1. The molecule has 0 spiro atoms. The van der Waals surface area contributed by atoms with Crippen molar-refractivity contribution in [2.45, 2.75) is 0 Å². The lowest BCUT2D eigenvalue weighted by molar-refractivity contribution is -0.113. The van der Waals surface area contributed by atoms with E-state index in [-0.39, 0.29) is 11.7 Å². The van der Waals surface area contributed by atoms with E-state index < -0.39 is 0 Å². The van der Waals surface area contributed by atoms with Crippen LogP contribution in [0.1, 0.15) is 0 Å². The smallest absolute Gasteiger partial charge is 0.234 e. The van der Waals surface area contributed by atoms with Gasteiger partial charge in [-0.25, -0.2) is 0 Å². The van der Waals surface area contributed by atoms with Crippen molar-refractivity contribution < 1.29 is 9.53 Å². The van der Waals surface area contributed by atoms with Crippen molar-refractivity contribution in [2.75, 3.05) is 18.2 Å². The van der Waals surface area contributed by atoms with E-state index in [0.717, 1.165) is 0 Å². The summed E-state index contributed by atoms with van der Waals surface area (Å²) < 4.78 is 5.05. The van der Waals surface area contributed by atoms with Crippen molar-refractivity contribution >= 4 is 35.8 Å². The Morgan fingerprint density at radius 3 is 2.93 bits per heavy atom. The molecule has 1 aromatic carbocycles. The summed E-state index contributed by atoms with van der Waals surface area (Å²) in [6.07, 6.45) is 0. The van der Waals surface area contributed by atoms with E-state index >= 15 is 0 Å². The van der Waals surface area contributed by atoms with Gasteiger partial charge in [-0.05, 0) is 18.2 Å². The van der Waals surface area contributed by atoms with Crippen molar-refractivity contribution in [1.29, 1.82) is 0 Å². The molecule has 0 saturated carbocycles. The van der Waals surface area contributed by atoms with Crippen molar-refractivity contribution in [3.8, 4) is 5.75 Å². The van der Waals surface area contributed by atoms with Gasteiger partial charge in [0.2, 0.25) is 5.91 Å². The number of halogens is 1. The number of rotatable bonds is 3. The maximum Gasteiger partial charge on any atom is 0.234 e. The van der Waals surface area contributed by atoms with E-state index in [1.807, 2.05) is 0 Å². The molecule has 0 atom stereocenters. The van der Waals surface area contributed by atoms with Crippen LogP contribution in [0.4, 0.5) is 5.69 Å². The van der Waals surface area contributed by atoms with E-state index in [2.05, 4.69) is 17.9 Å². The highest BCUT2D eigenvalue weighted by molar-refractivity contribution is 7.81. The molecule has 0 unspecified atom stereocenters. The van der Waals surface area contributed by atoms with Crippen LogP contribution in [-0.2, 0) is 4.79 Å². The Bertz CT molecular complexity index is 344. The number of amides is 1. The zero-order valence-electron chi connectivity index (χ0n) is 7.58. The van der Waals surface area contributed by atoms with Crippen LogP contribution in [-0.4, -0.2) is 18.8 Å². The molecule has 0 fully saturated rings. The van der Waals surface area contributed by atoms with Crippen molar-refractivity contribution in [3.63, 3.8) is 0 Å². The number of carbonyl (C=O) groups is 1. The highest BCUT2D eigenvalue weighted by Crippen LogP contribution is 2.27. The molecule has 0 aliphatic rings. The van der Waals surface area contributed by atoms with E-state index in [1.165, 1.54) is 7.11 Å². The third-order valence-corrected chi connectivity index (χ3v) is 2.10. The van der Waals surface area contributed by atoms with E-state index in [9.17, 15) is 4.79 Å². The standard InChI is InChI=1S/C9H10ClNO2S/c1-13-8-3-2-6(10)4-7(8)11-9(12)5-14/h2-4,14H,5H2,1H3,(H,11,12). The number of hydrogen-bond acceptors (Lipinski definition) is 3. The molecule has 0 bridgehead atoms. The number of hydrogen-bond donors (Lipinski definition) is 2. The van der Waals surface area contributed by atoms with Gasteiger partial charge < -0.3 is 10.1 Å². The van der Waals surface area contributed by atoms with Crippen LogP contribution in [0.25, 0.3) is 0 Å². The lowest BCUT2D eigenvalue weighted by atomic mass is 10.3. The zero-order valence-corrected chi connectivity index (χ0v) is 9.23. The summed E-state index contributed by atoms with van der Waals surface area (Å²) in [7, 11) is 1.53. The normalized spacial score (nSPS) is 9.64. The number of thiol groups is 1. The van der Waals surface area contributed by atoms with Gasteiger partial charge in [0, 0.05) is 5.02 Å². The van der Waals surface area contributed by atoms with Gasteiger partial charge in [-0.15, -0.1) is 0 Å². The maximum absolute atomic E-state index is 11.1. The average molecular weight is 232 g/mol. The molecule has 14 heavy (non-hydrogen) atoms. The largest absolute Gasteiger partial charge is 0.495 e. The van der Waals surface area contributed by atoms with Gasteiger partial charge >= 0.3 is 0 Å². The fraction of sp³-hybridized carbons (Fsp3) is 0.222. The molecular formula is C9H10ClNO2S. The first-order valence-corrected chi connectivity index (χ1v) is 4.92. The SMILES string of the molecule is COc1ccc(Cl)cc1NC(=O)CS. The fourth-order valence-corrected chi connectivity index (χ4v) is 1.22. The molecule has 0 aliphatic heterocycles. The minimum Gasteiger partial charge on any atom is -0.495 e. The minimum absolute atomic E-state index is 0.121. The lowest BCUT2D eigenvalue weighted by Gasteiger charge is -2.09. The monoisotopic (exact) mass is 231 g/mol. The van der Waals surface area contributed by atoms with Gasteiger partial charge in [-0.3, -0.25) is 4.79 Å². The number of benzene rings is 1. The minimum atomic E-state index is -0.200. The number of nitrogens with one attached hydrogen (secondary N) is 1. The second kappa shape index (κ2) is 5.12. The molecule has 76 valence electrons. The molecule has 0 aliphatic carbocycles. The Balaban J connectivity index is 2.93. The summed E-state index contributed by atoms with van der Waals surface area (Å²) in [5, 5.41) is 3.17. The van der Waals surface area contributed by atoms with Gasteiger partial charge in [-0.1, -0.05) is 11.6 Å². The highest BCUT2D eigenvalue weighted by Gasteiger charge is 2.06.